The number of hydrogen-bond acceptors (Lipinski definition) is 6. The second kappa shape index (κ2) is 10.9. The zero-order valence-corrected chi connectivity index (χ0v) is 22.8. The van der Waals surface area contributed by atoms with E-state index in [2.05, 4.69) is 25.1 Å². The summed E-state index contributed by atoms with van der Waals surface area (Å²) in [5, 5.41) is 3.33. The molecule has 0 amide bonds. The zero-order chi connectivity index (χ0) is 29.5. The standard InChI is InChI=1S/C30H31F6N5O/c31-29(32,33)20-1-5-22(6-2-20)39-23-7-11-25(12-8-23)42-27-15-26(37-19-38-27)41-17-28(18-41)13-14-40(16-28)24-9-3-21(4-10-24)30(34,35)36/h1-6,9-10,15,19,23,25,39H,7-8,11-14,16-18H2. The van der Waals surface area contributed by atoms with Crippen molar-refractivity contribution >= 4 is 17.2 Å². The van der Waals surface area contributed by atoms with E-state index in [1.807, 2.05) is 6.07 Å². The SMILES string of the molecule is FC(F)(F)c1ccc(NC2CCC(Oc3cc(N4CC5(CCN(c6ccc(C(F)(F)F)cc6)C5)C4)ncn3)CC2)cc1. The fraction of sp³-hybridized carbons (Fsp3) is 0.467. The van der Waals surface area contributed by atoms with Crippen LogP contribution < -0.4 is 19.9 Å². The van der Waals surface area contributed by atoms with Crippen molar-refractivity contribution in [2.75, 3.05) is 41.3 Å². The van der Waals surface area contributed by atoms with Gasteiger partial charge in [-0.2, -0.15) is 26.3 Å². The largest absolute Gasteiger partial charge is 0.474 e. The lowest BCUT2D eigenvalue weighted by Gasteiger charge is -2.48. The summed E-state index contributed by atoms with van der Waals surface area (Å²) in [7, 11) is 0. The minimum Gasteiger partial charge on any atom is -0.474 e. The number of alkyl halides is 6. The Balaban J connectivity index is 0.972. The van der Waals surface area contributed by atoms with Gasteiger partial charge in [0.2, 0.25) is 5.88 Å². The molecule has 224 valence electrons. The number of nitrogens with zero attached hydrogens (tertiary/aromatic N) is 4. The molecule has 42 heavy (non-hydrogen) atoms. The van der Waals surface area contributed by atoms with E-state index < -0.39 is 23.5 Å². The van der Waals surface area contributed by atoms with Gasteiger partial charge in [0.25, 0.3) is 0 Å². The van der Waals surface area contributed by atoms with Gasteiger partial charge in [-0.25, -0.2) is 9.97 Å². The highest BCUT2D eigenvalue weighted by molar-refractivity contribution is 5.52. The first-order valence-electron chi connectivity index (χ1n) is 14.1. The lowest BCUT2D eigenvalue weighted by Crippen LogP contribution is -2.58. The van der Waals surface area contributed by atoms with Crippen molar-refractivity contribution in [2.45, 2.75) is 56.6 Å². The molecule has 2 aliphatic heterocycles. The van der Waals surface area contributed by atoms with E-state index in [0.29, 0.717) is 11.6 Å². The molecule has 1 saturated carbocycles. The van der Waals surface area contributed by atoms with Crippen LogP contribution in [-0.4, -0.2) is 48.3 Å². The lowest BCUT2D eigenvalue weighted by atomic mass is 9.79. The van der Waals surface area contributed by atoms with Gasteiger partial charge in [-0.3, -0.25) is 0 Å². The van der Waals surface area contributed by atoms with Gasteiger partial charge in [0.05, 0.1) is 11.1 Å². The number of aromatic nitrogens is 2. The first kappa shape index (κ1) is 28.4. The number of benzene rings is 2. The van der Waals surface area contributed by atoms with E-state index in [1.54, 1.807) is 12.1 Å². The van der Waals surface area contributed by atoms with E-state index in [4.69, 9.17) is 4.74 Å². The Morgan fingerprint density at radius 3 is 1.98 bits per heavy atom. The molecule has 0 atom stereocenters. The predicted octanol–water partition coefficient (Wildman–Crippen LogP) is 7.03. The molecule has 6 nitrogen and oxygen atoms in total. The number of nitrogens with one attached hydrogen (secondary N) is 1. The normalized spacial score (nSPS) is 22.2. The van der Waals surface area contributed by atoms with E-state index in [9.17, 15) is 26.3 Å². The molecular formula is C30H31F6N5O. The first-order valence-corrected chi connectivity index (χ1v) is 14.1. The maximum atomic E-state index is 12.9. The average molecular weight is 592 g/mol. The van der Waals surface area contributed by atoms with E-state index >= 15 is 0 Å². The van der Waals surface area contributed by atoms with E-state index in [1.165, 1.54) is 18.5 Å². The smallest absolute Gasteiger partial charge is 0.416 e. The van der Waals surface area contributed by atoms with Crippen LogP contribution in [0.2, 0.25) is 0 Å². The Bertz CT molecular complexity index is 1360. The van der Waals surface area contributed by atoms with Crippen molar-refractivity contribution < 1.29 is 31.1 Å². The second-order valence-corrected chi connectivity index (χ2v) is 11.6. The number of rotatable bonds is 6. The maximum Gasteiger partial charge on any atom is 0.416 e. The van der Waals surface area contributed by atoms with Crippen molar-refractivity contribution in [1.29, 1.82) is 0 Å². The Hall–Kier alpha value is -3.70. The number of halogens is 6. The Morgan fingerprint density at radius 1 is 0.762 bits per heavy atom. The average Bonchev–Trinajstić information content (AvgIpc) is 3.39. The maximum absolute atomic E-state index is 12.9. The van der Waals surface area contributed by atoms with Crippen molar-refractivity contribution in [3.8, 4) is 5.88 Å². The number of anilines is 3. The molecule has 1 N–H and O–H groups in total. The highest BCUT2D eigenvalue weighted by Gasteiger charge is 2.48. The third-order valence-corrected chi connectivity index (χ3v) is 8.55. The molecule has 12 heteroatoms. The van der Waals surface area contributed by atoms with Crippen LogP contribution in [0, 0.1) is 5.41 Å². The van der Waals surface area contributed by atoms with Gasteiger partial charge in [0.15, 0.2) is 0 Å². The van der Waals surface area contributed by atoms with Crippen LogP contribution in [0.15, 0.2) is 60.9 Å². The molecule has 3 fully saturated rings. The van der Waals surface area contributed by atoms with Gasteiger partial charge in [-0.15, -0.1) is 0 Å². The van der Waals surface area contributed by atoms with Crippen molar-refractivity contribution in [3.05, 3.63) is 72.1 Å². The van der Waals surface area contributed by atoms with Gasteiger partial charge in [0, 0.05) is 55.1 Å². The third kappa shape index (κ3) is 6.22. The van der Waals surface area contributed by atoms with Gasteiger partial charge >= 0.3 is 12.4 Å². The quantitative estimate of drug-likeness (QED) is 0.311. The van der Waals surface area contributed by atoms with E-state index in [-0.39, 0.29) is 17.6 Å². The topological polar surface area (TPSA) is 53.5 Å². The summed E-state index contributed by atoms with van der Waals surface area (Å²) in [6.07, 6.45) is -2.99. The summed E-state index contributed by atoms with van der Waals surface area (Å²) in [6.45, 7) is 3.20. The molecule has 3 aliphatic rings. The molecule has 2 saturated heterocycles. The van der Waals surface area contributed by atoms with Crippen LogP contribution in [0.1, 0.15) is 43.2 Å². The Kier molecular flexibility index (Phi) is 7.34. The van der Waals surface area contributed by atoms with Crippen molar-refractivity contribution in [1.82, 2.24) is 9.97 Å². The molecule has 0 radical (unpaired) electrons. The van der Waals surface area contributed by atoms with Crippen LogP contribution in [0.25, 0.3) is 0 Å². The predicted molar refractivity (Wildman–Crippen MR) is 147 cm³/mol. The molecule has 1 aliphatic carbocycles. The van der Waals surface area contributed by atoms with Crippen LogP contribution in [0.5, 0.6) is 5.88 Å². The molecule has 0 bridgehead atoms. The molecule has 1 aromatic heterocycles. The third-order valence-electron chi connectivity index (χ3n) is 8.55. The molecule has 2 aromatic carbocycles. The van der Waals surface area contributed by atoms with Crippen molar-refractivity contribution in [2.24, 2.45) is 5.41 Å². The summed E-state index contributed by atoms with van der Waals surface area (Å²) in [5.41, 5.74) is 0.253. The minimum absolute atomic E-state index is 0.00624. The van der Waals surface area contributed by atoms with Crippen LogP contribution in [0.4, 0.5) is 43.5 Å². The van der Waals surface area contributed by atoms with Gasteiger partial charge in [-0.1, -0.05) is 0 Å². The monoisotopic (exact) mass is 591 g/mol. The highest BCUT2D eigenvalue weighted by Crippen LogP contribution is 2.43. The molecule has 0 unspecified atom stereocenters. The molecule has 6 rings (SSSR count). The van der Waals surface area contributed by atoms with Crippen LogP contribution in [0.3, 0.4) is 0 Å². The second-order valence-electron chi connectivity index (χ2n) is 11.6. The molecule has 3 aromatic rings. The fourth-order valence-corrected chi connectivity index (χ4v) is 6.25. The summed E-state index contributed by atoms with van der Waals surface area (Å²) in [5.74, 6) is 1.30. The zero-order valence-electron chi connectivity index (χ0n) is 22.8. The summed E-state index contributed by atoms with van der Waals surface area (Å²) < 4.78 is 83.3. The van der Waals surface area contributed by atoms with Crippen LogP contribution in [-0.2, 0) is 12.4 Å². The van der Waals surface area contributed by atoms with Gasteiger partial charge in [-0.05, 0) is 80.6 Å². The summed E-state index contributed by atoms with van der Waals surface area (Å²) in [4.78, 5) is 13.1. The first-order chi connectivity index (χ1) is 20.0. The highest BCUT2D eigenvalue weighted by atomic mass is 19.4. The molecule has 1 spiro atoms. The Morgan fingerprint density at radius 2 is 1.36 bits per heavy atom. The van der Waals surface area contributed by atoms with Crippen molar-refractivity contribution in [3.63, 3.8) is 0 Å². The Labute approximate surface area is 239 Å². The minimum atomic E-state index is -4.35. The number of hydrogen-bond donors (Lipinski definition) is 1. The number of ether oxygens (including phenoxy) is 1. The molecular weight excluding hydrogens is 560 g/mol. The summed E-state index contributed by atoms with van der Waals surface area (Å²) >= 11 is 0. The van der Waals surface area contributed by atoms with Crippen LogP contribution >= 0.6 is 0 Å². The molecule has 3 heterocycles. The van der Waals surface area contributed by atoms with E-state index in [0.717, 1.165) is 94.1 Å². The lowest BCUT2D eigenvalue weighted by molar-refractivity contribution is -0.138. The fourth-order valence-electron chi connectivity index (χ4n) is 6.25. The summed E-state index contributed by atoms with van der Waals surface area (Å²) in [6, 6.07) is 12.5. The van der Waals surface area contributed by atoms with Gasteiger partial charge in [0.1, 0.15) is 18.2 Å². The van der Waals surface area contributed by atoms with Gasteiger partial charge < -0.3 is 19.9 Å².